The van der Waals surface area contributed by atoms with Crippen LogP contribution in [0.25, 0.3) is 0 Å². The number of allylic oxidation sites excluding steroid dienone is 3. The lowest BCUT2D eigenvalue weighted by atomic mass is 10.2. The van der Waals surface area contributed by atoms with E-state index in [0.717, 1.165) is 19.3 Å². The van der Waals surface area contributed by atoms with Crippen LogP contribution in [0.5, 0.6) is 0 Å². The van der Waals surface area contributed by atoms with Gasteiger partial charge in [0.15, 0.2) is 0 Å². The normalized spacial score (nSPS) is 11.2. The SMILES string of the molecule is CC/C=C\CC/C=C/CNC(C)=O. The molecule has 0 spiro atoms. The lowest BCUT2D eigenvalue weighted by Crippen LogP contribution is -2.19. The van der Waals surface area contributed by atoms with E-state index in [2.05, 4.69) is 30.5 Å². The summed E-state index contributed by atoms with van der Waals surface area (Å²) in [7, 11) is 0. The fourth-order valence-electron chi connectivity index (χ4n) is 0.881. The van der Waals surface area contributed by atoms with Crippen LogP contribution >= 0.6 is 0 Å². The van der Waals surface area contributed by atoms with Gasteiger partial charge < -0.3 is 5.32 Å². The third kappa shape index (κ3) is 10.9. The number of amides is 1. The van der Waals surface area contributed by atoms with Crippen molar-refractivity contribution in [1.82, 2.24) is 5.32 Å². The molecule has 0 atom stereocenters. The highest BCUT2D eigenvalue weighted by Crippen LogP contribution is 1.93. The van der Waals surface area contributed by atoms with Gasteiger partial charge in [0.05, 0.1) is 0 Å². The summed E-state index contributed by atoms with van der Waals surface area (Å²) in [5, 5.41) is 2.70. The summed E-state index contributed by atoms with van der Waals surface area (Å²) in [5.74, 6) is 0.0236. The van der Waals surface area contributed by atoms with Gasteiger partial charge >= 0.3 is 0 Å². The highest BCUT2D eigenvalue weighted by atomic mass is 16.1. The van der Waals surface area contributed by atoms with Gasteiger partial charge in [-0.15, -0.1) is 0 Å². The third-order valence-corrected chi connectivity index (χ3v) is 1.54. The van der Waals surface area contributed by atoms with Crippen molar-refractivity contribution in [3.05, 3.63) is 24.3 Å². The molecule has 0 bridgehead atoms. The first-order valence-corrected chi connectivity index (χ1v) is 4.81. The minimum Gasteiger partial charge on any atom is -0.353 e. The summed E-state index contributed by atoms with van der Waals surface area (Å²) in [5.41, 5.74) is 0. The highest BCUT2D eigenvalue weighted by Gasteiger charge is 1.83. The van der Waals surface area contributed by atoms with Crippen LogP contribution in [-0.4, -0.2) is 12.5 Å². The Balaban J connectivity index is 3.22. The van der Waals surface area contributed by atoms with Crippen LogP contribution < -0.4 is 5.32 Å². The maximum Gasteiger partial charge on any atom is 0.217 e. The van der Waals surface area contributed by atoms with Gasteiger partial charge in [0.25, 0.3) is 0 Å². The monoisotopic (exact) mass is 181 g/mol. The summed E-state index contributed by atoms with van der Waals surface area (Å²) in [6, 6.07) is 0. The summed E-state index contributed by atoms with van der Waals surface area (Å²) < 4.78 is 0. The molecule has 0 aliphatic carbocycles. The fraction of sp³-hybridized carbons (Fsp3) is 0.545. The third-order valence-electron chi connectivity index (χ3n) is 1.54. The smallest absolute Gasteiger partial charge is 0.217 e. The molecule has 74 valence electrons. The zero-order valence-electron chi connectivity index (χ0n) is 8.55. The Bertz CT molecular complexity index is 183. The molecule has 0 unspecified atom stereocenters. The van der Waals surface area contributed by atoms with Gasteiger partial charge in [-0.05, 0) is 19.3 Å². The maximum atomic E-state index is 10.5. The Morgan fingerprint density at radius 3 is 2.31 bits per heavy atom. The number of hydrogen-bond donors (Lipinski definition) is 1. The zero-order valence-corrected chi connectivity index (χ0v) is 8.55. The van der Waals surface area contributed by atoms with E-state index in [1.807, 2.05) is 6.08 Å². The van der Waals surface area contributed by atoms with Gasteiger partial charge in [-0.1, -0.05) is 31.2 Å². The van der Waals surface area contributed by atoms with Crippen LogP contribution in [0.15, 0.2) is 24.3 Å². The molecule has 0 radical (unpaired) electrons. The molecule has 0 aliphatic heterocycles. The number of hydrogen-bond acceptors (Lipinski definition) is 1. The first kappa shape index (κ1) is 11.9. The molecule has 0 aromatic rings. The standard InChI is InChI=1S/C11H19NO/c1-3-4-5-6-7-8-9-10-12-11(2)13/h4-5,8-9H,3,6-7,10H2,1-2H3,(H,12,13)/b5-4-,9-8+. The lowest BCUT2D eigenvalue weighted by molar-refractivity contribution is -0.118. The fourth-order valence-corrected chi connectivity index (χ4v) is 0.881. The van der Waals surface area contributed by atoms with Crippen molar-refractivity contribution < 1.29 is 4.79 Å². The van der Waals surface area contributed by atoms with E-state index in [4.69, 9.17) is 0 Å². The molecule has 0 saturated heterocycles. The molecule has 0 heterocycles. The number of carbonyl (C=O) groups excluding carboxylic acids is 1. The Kier molecular flexibility index (Phi) is 8.31. The van der Waals surface area contributed by atoms with Gasteiger partial charge in [0.1, 0.15) is 0 Å². The highest BCUT2D eigenvalue weighted by molar-refractivity contribution is 5.72. The number of rotatable bonds is 6. The van der Waals surface area contributed by atoms with Crippen LogP contribution in [0, 0.1) is 0 Å². The van der Waals surface area contributed by atoms with Gasteiger partial charge in [0.2, 0.25) is 5.91 Å². The Morgan fingerprint density at radius 2 is 1.77 bits per heavy atom. The van der Waals surface area contributed by atoms with Crippen LogP contribution in [-0.2, 0) is 4.79 Å². The van der Waals surface area contributed by atoms with Crippen molar-refractivity contribution in [2.24, 2.45) is 0 Å². The predicted molar refractivity (Wildman–Crippen MR) is 56.5 cm³/mol. The summed E-state index contributed by atoms with van der Waals surface area (Å²) in [4.78, 5) is 10.5. The van der Waals surface area contributed by atoms with E-state index < -0.39 is 0 Å². The minimum absolute atomic E-state index is 0.0236. The number of nitrogens with one attached hydrogen (secondary N) is 1. The Morgan fingerprint density at radius 1 is 1.15 bits per heavy atom. The molecule has 0 saturated carbocycles. The zero-order chi connectivity index (χ0) is 9.94. The molecule has 0 rings (SSSR count). The topological polar surface area (TPSA) is 29.1 Å². The van der Waals surface area contributed by atoms with Crippen molar-refractivity contribution in [3.63, 3.8) is 0 Å². The van der Waals surface area contributed by atoms with E-state index >= 15 is 0 Å². The van der Waals surface area contributed by atoms with Crippen molar-refractivity contribution >= 4 is 5.91 Å². The predicted octanol–water partition coefficient (Wildman–Crippen LogP) is 2.43. The van der Waals surface area contributed by atoms with Crippen LogP contribution in [0.2, 0.25) is 0 Å². The molecular weight excluding hydrogens is 162 g/mol. The van der Waals surface area contributed by atoms with Crippen LogP contribution in [0.1, 0.15) is 33.1 Å². The van der Waals surface area contributed by atoms with Crippen LogP contribution in [0.4, 0.5) is 0 Å². The van der Waals surface area contributed by atoms with Gasteiger partial charge in [-0.3, -0.25) is 4.79 Å². The average Bonchev–Trinajstić information content (AvgIpc) is 2.09. The summed E-state index contributed by atoms with van der Waals surface area (Å²) >= 11 is 0. The Labute approximate surface area is 80.7 Å². The summed E-state index contributed by atoms with van der Waals surface area (Å²) in [6.07, 6.45) is 11.7. The van der Waals surface area contributed by atoms with Crippen molar-refractivity contribution in [2.45, 2.75) is 33.1 Å². The average molecular weight is 181 g/mol. The molecule has 1 amide bonds. The Hall–Kier alpha value is -1.05. The largest absolute Gasteiger partial charge is 0.353 e. The van der Waals surface area contributed by atoms with E-state index in [-0.39, 0.29) is 5.91 Å². The first-order valence-electron chi connectivity index (χ1n) is 4.81. The van der Waals surface area contributed by atoms with Crippen molar-refractivity contribution in [2.75, 3.05) is 6.54 Å². The molecule has 1 N–H and O–H groups in total. The van der Waals surface area contributed by atoms with E-state index in [1.165, 1.54) is 6.92 Å². The number of carbonyl (C=O) groups is 1. The molecule has 0 aromatic heterocycles. The second-order valence-corrected chi connectivity index (χ2v) is 2.87. The quantitative estimate of drug-likeness (QED) is 0.495. The lowest BCUT2D eigenvalue weighted by Gasteiger charge is -1.93. The molecule has 2 nitrogen and oxygen atoms in total. The van der Waals surface area contributed by atoms with E-state index in [9.17, 15) is 4.79 Å². The van der Waals surface area contributed by atoms with Gasteiger partial charge in [-0.2, -0.15) is 0 Å². The molecule has 0 fully saturated rings. The van der Waals surface area contributed by atoms with Gasteiger partial charge in [-0.25, -0.2) is 0 Å². The second-order valence-electron chi connectivity index (χ2n) is 2.87. The molecule has 13 heavy (non-hydrogen) atoms. The van der Waals surface area contributed by atoms with Crippen molar-refractivity contribution in [3.8, 4) is 0 Å². The van der Waals surface area contributed by atoms with Gasteiger partial charge in [0, 0.05) is 13.5 Å². The van der Waals surface area contributed by atoms with Crippen LogP contribution in [0.3, 0.4) is 0 Å². The molecule has 0 aliphatic rings. The summed E-state index contributed by atoms with van der Waals surface area (Å²) in [6.45, 7) is 4.30. The number of unbranched alkanes of at least 4 members (excludes halogenated alkanes) is 1. The molecular formula is C11H19NO. The molecule has 0 aromatic carbocycles. The minimum atomic E-state index is 0.0236. The van der Waals surface area contributed by atoms with Crippen molar-refractivity contribution in [1.29, 1.82) is 0 Å². The second kappa shape index (κ2) is 9.04. The first-order chi connectivity index (χ1) is 6.27. The van der Waals surface area contributed by atoms with E-state index in [1.54, 1.807) is 0 Å². The molecule has 2 heteroatoms. The van der Waals surface area contributed by atoms with E-state index in [0.29, 0.717) is 6.54 Å². The maximum absolute atomic E-state index is 10.5.